The Kier molecular flexibility index (Phi) is 4.50. The third-order valence-corrected chi connectivity index (χ3v) is 3.87. The first-order chi connectivity index (χ1) is 9.02. The smallest absolute Gasteiger partial charge is 0.133 e. The molecule has 0 aliphatic rings. The largest absolute Gasteiger partial charge is 0.496 e. The second-order valence-corrected chi connectivity index (χ2v) is 5.59. The fraction of sp³-hybridized carbons (Fsp3) is 0.200. The summed E-state index contributed by atoms with van der Waals surface area (Å²) in [6.45, 7) is 1.93. The van der Waals surface area contributed by atoms with Crippen molar-refractivity contribution in [1.82, 2.24) is 0 Å². The second-order valence-electron chi connectivity index (χ2n) is 4.30. The van der Waals surface area contributed by atoms with E-state index in [1.165, 1.54) is 0 Å². The first-order valence-corrected chi connectivity index (χ1v) is 6.97. The van der Waals surface area contributed by atoms with Crippen LogP contribution in [0.4, 0.5) is 0 Å². The fourth-order valence-electron chi connectivity index (χ4n) is 1.98. The predicted octanol–water partition coefficient (Wildman–Crippen LogP) is 4.50. The molecule has 2 aromatic carbocycles. The molecule has 0 heterocycles. The Morgan fingerprint density at radius 3 is 2.53 bits per heavy atom. The first-order valence-electron chi connectivity index (χ1n) is 5.80. The van der Waals surface area contributed by atoms with Gasteiger partial charge in [-0.2, -0.15) is 0 Å². The zero-order valence-electron chi connectivity index (χ0n) is 10.7. The van der Waals surface area contributed by atoms with Gasteiger partial charge in [-0.1, -0.05) is 23.7 Å². The molecule has 2 nitrogen and oxygen atoms in total. The summed E-state index contributed by atoms with van der Waals surface area (Å²) in [5.74, 6) is 0.740. The number of methoxy groups -OCH3 is 1. The summed E-state index contributed by atoms with van der Waals surface area (Å²) in [4.78, 5) is 0. The summed E-state index contributed by atoms with van der Waals surface area (Å²) in [6.07, 6.45) is -0.681. The highest BCUT2D eigenvalue weighted by atomic mass is 79.9. The van der Waals surface area contributed by atoms with Crippen LogP contribution in [0.2, 0.25) is 5.02 Å². The molecule has 1 N–H and O–H groups in total. The highest BCUT2D eigenvalue weighted by Crippen LogP contribution is 2.32. The van der Waals surface area contributed by atoms with Crippen LogP contribution in [0.25, 0.3) is 0 Å². The van der Waals surface area contributed by atoms with E-state index >= 15 is 0 Å². The standard InChI is InChI=1S/C15H14BrClO2/c1-9-7-11(17)4-5-12(9)15(18)10-3-6-14(19-2)13(16)8-10/h3-8,15,18H,1-2H3. The van der Waals surface area contributed by atoms with Gasteiger partial charge in [0.05, 0.1) is 11.6 Å². The fourth-order valence-corrected chi connectivity index (χ4v) is 2.76. The molecule has 0 saturated heterocycles. The summed E-state index contributed by atoms with van der Waals surface area (Å²) in [6, 6.07) is 11.0. The lowest BCUT2D eigenvalue weighted by Gasteiger charge is -2.15. The highest BCUT2D eigenvalue weighted by molar-refractivity contribution is 9.10. The number of rotatable bonds is 3. The summed E-state index contributed by atoms with van der Waals surface area (Å²) >= 11 is 9.35. The van der Waals surface area contributed by atoms with Gasteiger partial charge < -0.3 is 9.84 Å². The Morgan fingerprint density at radius 2 is 1.95 bits per heavy atom. The number of hydrogen-bond donors (Lipinski definition) is 1. The zero-order chi connectivity index (χ0) is 14.0. The molecule has 0 aliphatic carbocycles. The first kappa shape index (κ1) is 14.4. The number of aliphatic hydroxyl groups excluding tert-OH is 1. The van der Waals surface area contributed by atoms with Gasteiger partial charge in [0.25, 0.3) is 0 Å². The van der Waals surface area contributed by atoms with Gasteiger partial charge >= 0.3 is 0 Å². The molecule has 4 heteroatoms. The van der Waals surface area contributed by atoms with Crippen molar-refractivity contribution < 1.29 is 9.84 Å². The van der Waals surface area contributed by atoms with Crippen molar-refractivity contribution in [2.75, 3.05) is 7.11 Å². The van der Waals surface area contributed by atoms with Crippen molar-refractivity contribution in [3.05, 3.63) is 62.6 Å². The summed E-state index contributed by atoms with van der Waals surface area (Å²) in [5, 5.41) is 11.1. The Bertz CT molecular complexity index is 599. The van der Waals surface area contributed by atoms with Crippen LogP contribution in [0, 0.1) is 6.92 Å². The third kappa shape index (κ3) is 3.11. The predicted molar refractivity (Wildman–Crippen MR) is 80.9 cm³/mol. The van der Waals surface area contributed by atoms with Crippen LogP contribution in [0.1, 0.15) is 22.8 Å². The van der Waals surface area contributed by atoms with E-state index in [9.17, 15) is 5.11 Å². The van der Waals surface area contributed by atoms with E-state index in [1.54, 1.807) is 13.2 Å². The molecule has 100 valence electrons. The van der Waals surface area contributed by atoms with Gasteiger partial charge in [0.2, 0.25) is 0 Å². The van der Waals surface area contributed by atoms with Gasteiger partial charge in [0, 0.05) is 5.02 Å². The normalized spacial score (nSPS) is 12.3. The number of ether oxygens (including phenoxy) is 1. The maximum Gasteiger partial charge on any atom is 0.133 e. The molecular weight excluding hydrogens is 328 g/mol. The van der Waals surface area contributed by atoms with Gasteiger partial charge in [0.1, 0.15) is 11.9 Å². The van der Waals surface area contributed by atoms with E-state index in [4.69, 9.17) is 16.3 Å². The van der Waals surface area contributed by atoms with Crippen LogP contribution < -0.4 is 4.74 Å². The summed E-state index contributed by atoms with van der Waals surface area (Å²) in [7, 11) is 1.61. The molecule has 2 rings (SSSR count). The van der Waals surface area contributed by atoms with Crippen molar-refractivity contribution in [2.45, 2.75) is 13.0 Å². The molecular formula is C15H14BrClO2. The van der Waals surface area contributed by atoms with Crippen LogP contribution in [0.5, 0.6) is 5.75 Å². The van der Waals surface area contributed by atoms with Crippen molar-refractivity contribution in [2.24, 2.45) is 0 Å². The average Bonchev–Trinajstić information content (AvgIpc) is 2.38. The molecule has 19 heavy (non-hydrogen) atoms. The summed E-state index contributed by atoms with van der Waals surface area (Å²) in [5.41, 5.74) is 2.62. The minimum Gasteiger partial charge on any atom is -0.496 e. The third-order valence-electron chi connectivity index (χ3n) is 3.02. The Morgan fingerprint density at radius 1 is 1.21 bits per heavy atom. The van der Waals surface area contributed by atoms with Gasteiger partial charge in [0.15, 0.2) is 0 Å². The minimum atomic E-state index is -0.681. The van der Waals surface area contributed by atoms with Crippen LogP contribution in [-0.4, -0.2) is 12.2 Å². The molecule has 1 unspecified atom stereocenters. The lowest BCUT2D eigenvalue weighted by atomic mass is 9.97. The maximum absolute atomic E-state index is 10.4. The van der Waals surface area contributed by atoms with Crippen LogP contribution in [0.3, 0.4) is 0 Å². The average molecular weight is 342 g/mol. The van der Waals surface area contributed by atoms with Crippen LogP contribution >= 0.6 is 27.5 Å². The van der Waals surface area contributed by atoms with E-state index in [-0.39, 0.29) is 0 Å². The van der Waals surface area contributed by atoms with Crippen molar-refractivity contribution in [1.29, 1.82) is 0 Å². The lowest BCUT2D eigenvalue weighted by molar-refractivity contribution is 0.219. The number of hydrogen-bond acceptors (Lipinski definition) is 2. The molecule has 0 radical (unpaired) electrons. The van der Waals surface area contributed by atoms with Crippen LogP contribution in [0.15, 0.2) is 40.9 Å². The number of aryl methyl sites for hydroxylation is 1. The maximum atomic E-state index is 10.4. The van der Waals surface area contributed by atoms with Crippen molar-refractivity contribution in [3.63, 3.8) is 0 Å². The van der Waals surface area contributed by atoms with Crippen LogP contribution in [-0.2, 0) is 0 Å². The zero-order valence-corrected chi connectivity index (χ0v) is 13.0. The molecule has 0 amide bonds. The molecule has 0 spiro atoms. The summed E-state index contributed by atoms with van der Waals surface area (Å²) < 4.78 is 6.00. The Labute approximate surface area is 126 Å². The number of aliphatic hydroxyl groups is 1. The van der Waals surface area contributed by atoms with E-state index in [0.717, 1.165) is 26.9 Å². The molecule has 2 aromatic rings. The van der Waals surface area contributed by atoms with E-state index < -0.39 is 6.10 Å². The number of halogens is 2. The van der Waals surface area contributed by atoms with Gasteiger partial charge in [-0.3, -0.25) is 0 Å². The Balaban J connectivity index is 2.38. The van der Waals surface area contributed by atoms with Crippen molar-refractivity contribution >= 4 is 27.5 Å². The molecule has 0 bridgehead atoms. The minimum absolute atomic E-state index is 0.671. The second kappa shape index (κ2) is 5.95. The number of benzene rings is 2. The molecule has 0 aliphatic heterocycles. The lowest BCUT2D eigenvalue weighted by Crippen LogP contribution is -2.02. The topological polar surface area (TPSA) is 29.5 Å². The van der Waals surface area contributed by atoms with E-state index in [0.29, 0.717) is 5.02 Å². The SMILES string of the molecule is COc1ccc(C(O)c2ccc(Cl)cc2C)cc1Br. The Hall–Kier alpha value is -1.03. The van der Waals surface area contributed by atoms with Crippen molar-refractivity contribution in [3.8, 4) is 5.75 Å². The van der Waals surface area contributed by atoms with E-state index in [2.05, 4.69) is 15.9 Å². The highest BCUT2D eigenvalue weighted by Gasteiger charge is 2.14. The molecule has 0 aromatic heterocycles. The van der Waals surface area contributed by atoms with Gasteiger partial charge in [-0.15, -0.1) is 0 Å². The van der Waals surface area contributed by atoms with E-state index in [1.807, 2.05) is 37.3 Å². The molecule has 0 fully saturated rings. The quantitative estimate of drug-likeness (QED) is 0.890. The molecule has 0 saturated carbocycles. The molecule has 1 atom stereocenters. The van der Waals surface area contributed by atoms with Gasteiger partial charge in [-0.05, 0) is 63.8 Å². The van der Waals surface area contributed by atoms with Gasteiger partial charge in [-0.25, -0.2) is 0 Å². The monoisotopic (exact) mass is 340 g/mol.